The molecule has 0 saturated carbocycles. The Morgan fingerprint density at radius 2 is 1.51 bits per heavy atom. The van der Waals surface area contributed by atoms with Crippen LogP contribution in [0.5, 0.6) is 0 Å². The maximum Gasteiger partial charge on any atom is 0.410 e. The molecule has 14 nitrogen and oxygen atoms in total. The summed E-state index contributed by atoms with van der Waals surface area (Å²) in [5.41, 5.74) is 2.58. The number of aliphatic hydroxyl groups is 1. The summed E-state index contributed by atoms with van der Waals surface area (Å²) in [5.74, 6) is -2.76. The molecule has 1 aliphatic rings. The lowest BCUT2D eigenvalue weighted by atomic mass is 9.83. The number of Topliss-reactive ketones (excluding diaryl/α,β-unsaturated/α-hetero) is 2. The van der Waals surface area contributed by atoms with Crippen LogP contribution in [-0.4, -0.2) is 136 Å². The van der Waals surface area contributed by atoms with E-state index >= 15 is 0 Å². The van der Waals surface area contributed by atoms with E-state index in [9.17, 15) is 29.1 Å². The molecule has 0 aliphatic carbocycles. The number of imidazole rings is 1. The minimum atomic E-state index is -0.834. The van der Waals surface area contributed by atoms with Gasteiger partial charge in [-0.25, -0.2) is 9.78 Å². The number of aromatic amines is 1. The Kier molecular flexibility index (Phi) is 22.1. The third-order valence-corrected chi connectivity index (χ3v) is 17.1. The monoisotopic (exact) mass is 996 g/mol. The molecule has 0 radical (unpaired) electrons. The fourth-order valence-electron chi connectivity index (χ4n) is 9.77. The molecule has 1 saturated heterocycles. The molecule has 1 fully saturated rings. The summed E-state index contributed by atoms with van der Waals surface area (Å²) in [5, 5.41) is 11.7. The number of fused-ring (bicyclic) bond motifs is 1. The van der Waals surface area contributed by atoms with Gasteiger partial charge in [-0.1, -0.05) is 115 Å². The van der Waals surface area contributed by atoms with Crippen LogP contribution >= 0.6 is 21.6 Å². The third kappa shape index (κ3) is 15.3. The minimum absolute atomic E-state index is 0.000199. The van der Waals surface area contributed by atoms with Gasteiger partial charge >= 0.3 is 6.09 Å². The molecule has 10 atom stereocenters. The van der Waals surface area contributed by atoms with E-state index in [1.54, 1.807) is 33.2 Å². The van der Waals surface area contributed by atoms with Crippen molar-refractivity contribution >= 4 is 62.1 Å². The van der Waals surface area contributed by atoms with Crippen LogP contribution in [0.4, 0.5) is 4.79 Å². The van der Waals surface area contributed by atoms with Gasteiger partial charge in [-0.3, -0.25) is 19.2 Å². The van der Waals surface area contributed by atoms with Crippen LogP contribution in [0.1, 0.15) is 119 Å². The number of rotatable bonds is 27. The van der Waals surface area contributed by atoms with Gasteiger partial charge in [-0.2, -0.15) is 0 Å². The summed E-state index contributed by atoms with van der Waals surface area (Å²) in [6.45, 7) is 19.9. The first-order chi connectivity index (χ1) is 32.6. The molecule has 2 aromatic carbocycles. The van der Waals surface area contributed by atoms with Gasteiger partial charge in [0.15, 0.2) is 10.9 Å². The molecule has 2 N–H and O–H groups in total. The Morgan fingerprint density at radius 1 is 0.855 bits per heavy atom. The summed E-state index contributed by atoms with van der Waals surface area (Å²) in [6, 6.07) is 15.4. The lowest BCUT2D eigenvalue weighted by Crippen LogP contribution is -2.54. The number of methoxy groups -OCH3 is 2. The summed E-state index contributed by atoms with van der Waals surface area (Å²) in [4.78, 5) is 83.6. The smallest absolute Gasteiger partial charge is 0.410 e. The number of hydrogen-bond donors (Lipinski definition) is 2. The second-order valence-corrected chi connectivity index (χ2v) is 23.3. The summed E-state index contributed by atoms with van der Waals surface area (Å²) >= 11 is 0. The number of ether oxygens (including phenoxy) is 3. The van der Waals surface area contributed by atoms with Crippen molar-refractivity contribution in [3.05, 3.63) is 60.2 Å². The van der Waals surface area contributed by atoms with Gasteiger partial charge < -0.3 is 39.0 Å². The van der Waals surface area contributed by atoms with E-state index in [0.29, 0.717) is 19.4 Å². The number of nitrogens with one attached hydrogen (secondary N) is 1. The normalized spacial score (nSPS) is 18.3. The van der Waals surface area contributed by atoms with E-state index in [4.69, 9.17) is 14.2 Å². The predicted octanol–water partition coefficient (Wildman–Crippen LogP) is 9.66. The molecule has 3 amide bonds. The number of carbonyl (C=O) groups is 5. The van der Waals surface area contributed by atoms with E-state index in [1.807, 2.05) is 129 Å². The first kappa shape index (κ1) is 57.6. The Balaban J connectivity index is 1.42. The van der Waals surface area contributed by atoms with Crippen LogP contribution in [0.2, 0.25) is 0 Å². The number of aliphatic hydroxyl groups excluding tert-OH is 1. The number of aromatic nitrogens is 2. The van der Waals surface area contributed by atoms with E-state index < -0.39 is 53.1 Å². The van der Waals surface area contributed by atoms with E-state index in [-0.39, 0.29) is 79.0 Å². The lowest BCUT2D eigenvalue weighted by Gasteiger charge is -2.41. The standard InChI is InChI=1S/C53H81N5O9S2/c1-15-34(6)47(44(65-13)30-45(61)58-27-21-26-41(58)49(66-14)36(8)42(59)28-35(7)48(62)37-22-17-16-18-23-37)56(11)50(63)38(32(2)3)29-43(60)46(33(4)5)57(12)52(64)67-31-53(9,10)69-68-51-54-39-24-19-20-25-40(39)55-51/h16-20,22-25,32-36,38,41,44,46-49,62H,15,21,26-31H2,1-14H3,(H,54,55)/t34-,35-,36-,38-,41-,44+,46-,47-,48+,49+/m0/s1. The fraction of sp³-hybridized carbons (Fsp3) is 0.660. The molecule has 2 heterocycles. The number of hydrogen-bond acceptors (Lipinski definition) is 12. The van der Waals surface area contributed by atoms with Crippen molar-refractivity contribution in [2.24, 2.45) is 35.5 Å². The third-order valence-electron chi connectivity index (χ3n) is 14.0. The molecule has 1 aromatic heterocycles. The second-order valence-electron chi connectivity index (χ2n) is 20.5. The van der Waals surface area contributed by atoms with Crippen LogP contribution < -0.4 is 0 Å². The topological polar surface area (TPSA) is 172 Å². The second kappa shape index (κ2) is 26.5. The van der Waals surface area contributed by atoms with Crippen LogP contribution in [-0.2, 0) is 33.4 Å². The first-order valence-electron chi connectivity index (χ1n) is 24.7. The highest BCUT2D eigenvalue weighted by molar-refractivity contribution is 8.77. The number of likely N-dealkylation sites (tertiary alicyclic amines) is 1. The number of amides is 3. The molecule has 0 unspecified atom stereocenters. The summed E-state index contributed by atoms with van der Waals surface area (Å²) in [7, 11) is 9.44. The minimum Gasteiger partial charge on any atom is -0.448 e. The SMILES string of the molecule is CC[C@H](C)[C@@H]([C@@H](CC(=O)N1CCC[C@H]1[C@H](OC)[C@@H](C)C(=O)C[C@H](C)[C@@H](O)c1ccccc1)OC)N(C)C(=O)[C@@H](CC(=O)[C@H](C(C)C)N(C)C(=O)OCC(C)(C)SSc1nc2ccccc2[nH]1)C(C)C. The Hall–Kier alpha value is -3.96. The van der Waals surface area contributed by atoms with Gasteiger partial charge in [0.25, 0.3) is 0 Å². The van der Waals surface area contributed by atoms with Gasteiger partial charge in [-0.05, 0) is 78.9 Å². The van der Waals surface area contributed by atoms with E-state index in [2.05, 4.69) is 9.97 Å². The molecule has 0 spiro atoms. The molecule has 384 valence electrons. The van der Waals surface area contributed by atoms with Crippen molar-refractivity contribution in [2.75, 3.05) is 41.5 Å². The van der Waals surface area contributed by atoms with Gasteiger partial charge in [0, 0.05) is 59.5 Å². The number of likely N-dealkylation sites (N-methyl/N-ethyl adjacent to an activating group) is 2. The van der Waals surface area contributed by atoms with E-state index in [0.717, 1.165) is 28.2 Å². The maximum absolute atomic E-state index is 14.7. The molecule has 16 heteroatoms. The number of carbonyl (C=O) groups excluding carboxylic acids is 5. The van der Waals surface area contributed by atoms with Gasteiger partial charge in [0.1, 0.15) is 12.4 Å². The number of H-pyrrole nitrogens is 1. The molecule has 0 bridgehead atoms. The highest BCUT2D eigenvalue weighted by Gasteiger charge is 2.44. The molecule has 3 aromatic rings. The van der Waals surface area contributed by atoms with Crippen LogP contribution in [0.25, 0.3) is 11.0 Å². The average Bonchev–Trinajstić information content (AvgIpc) is 3.99. The number of para-hydroxylation sites is 2. The molecular weight excluding hydrogens is 915 g/mol. The number of ketones is 2. The molecule has 4 rings (SSSR count). The maximum atomic E-state index is 14.7. The largest absolute Gasteiger partial charge is 0.448 e. The number of nitrogens with zero attached hydrogens (tertiary/aromatic N) is 4. The molecule has 69 heavy (non-hydrogen) atoms. The van der Waals surface area contributed by atoms with Gasteiger partial charge in [0.2, 0.25) is 11.8 Å². The van der Waals surface area contributed by atoms with Crippen LogP contribution in [0, 0.1) is 35.5 Å². The van der Waals surface area contributed by atoms with Crippen LogP contribution in [0.15, 0.2) is 59.8 Å². The average molecular weight is 996 g/mol. The fourth-order valence-corrected chi connectivity index (χ4v) is 11.8. The van der Waals surface area contributed by atoms with Crippen molar-refractivity contribution in [1.82, 2.24) is 24.7 Å². The quantitative estimate of drug-likeness (QED) is 0.0694. The molecule has 1 aliphatic heterocycles. The summed E-state index contributed by atoms with van der Waals surface area (Å²) < 4.78 is 17.4. The van der Waals surface area contributed by atoms with Crippen molar-refractivity contribution in [3.8, 4) is 0 Å². The highest BCUT2D eigenvalue weighted by atomic mass is 33.1. The Morgan fingerprint density at radius 3 is 2.10 bits per heavy atom. The summed E-state index contributed by atoms with van der Waals surface area (Å²) in [6.07, 6.45) is -0.437. The van der Waals surface area contributed by atoms with Crippen molar-refractivity contribution in [3.63, 3.8) is 0 Å². The van der Waals surface area contributed by atoms with Crippen molar-refractivity contribution in [2.45, 2.75) is 154 Å². The molecular formula is C53H81N5O9S2. The van der Waals surface area contributed by atoms with Crippen molar-refractivity contribution in [1.29, 1.82) is 0 Å². The van der Waals surface area contributed by atoms with Gasteiger partial charge in [-0.15, -0.1) is 0 Å². The lowest BCUT2D eigenvalue weighted by molar-refractivity contribution is -0.149. The zero-order chi connectivity index (χ0) is 51.3. The Bertz CT molecular complexity index is 2100. The number of benzene rings is 2. The van der Waals surface area contributed by atoms with E-state index in [1.165, 1.54) is 26.5 Å². The zero-order valence-corrected chi connectivity index (χ0v) is 45.2. The van der Waals surface area contributed by atoms with Gasteiger partial charge in [0.05, 0.1) is 58.6 Å². The highest BCUT2D eigenvalue weighted by Crippen LogP contribution is 2.40. The Labute approximate surface area is 419 Å². The predicted molar refractivity (Wildman–Crippen MR) is 276 cm³/mol. The zero-order valence-electron chi connectivity index (χ0n) is 43.6. The first-order valence-corrected chi connectivity index (χ1v) is 26.8. The van der Waals surface area contributed by atoms with Crippen LogP contribution in [0.3, 0.4) is 0 Å². The van der Waals surface area contributed by atoms with Crippen molar-refractivity contribution < 1.29 is 43.3 Å².